The van der Waals surface area contributed by atoms with E-state index in [-0.39, 0.29) is 169 Å². The fraction of sp³-hybridized carbons (Fsp3) is 0.333. The van der Waals surface area contributed by atoms with Crippen LogP contribution >= 0.6 is 0 Å². The Bertz CT molecular complexity index is 399. The summed E-state index contributed by atoms with van der Waals surface area (Å²) in [4.78, 5) is 53.0. The second-order valence-electron chi connectivity index (χ2n) is 2.97. The van der Waals surface area contributed by atoms with Crippen LogP contribution in [-0.2, 0) is 33.7 Å². The Labute approximate surface area is 259 Å². The molecule has 0 atom stereocenters. The van der Waals surface area contributed by atoms with Gasteiger partial charge >= 0.3 is 118 Å². The van der Waals surface area contributed by atoms with Crippen molar-refractivity contribution in [1.82, 2.24) is 0 Å². The van der Waals surface area contributed by atoms with E-state index in [1.807, 2.05) is 0 Å². The van der Waals surface area contributed by atoms with Crippen LogP contribution in [0.1, 0.15) is 28.1 Å². The molecule has 0 fully saturated rings. The predicted octanol–water partition coefficient (Wildman–Crippen LogP) is -17.0. The maximum atomic E-state index is 10.4. The van der Waals surface area contributed by atoms with Crippen LogP contribution in [-0.4, -0.2) is 41.2 Å². The molecule has 0 aromatic carbocycles. The molecule has 16 heteroatoms. The van der Waals surface area contributed by atoms with Gasteiger partial charge in [-0.1, -0.05) is 5.16 Å². The maximum absolute atomic E-state index is 10.4. The van der Waals surface area contributed by atoms with Crippen molar-refractivity contribution in [2.24, 2.45) is 5.16 Å². The standard InChI is InChI=1S/C5H7NO2.C5H7O2.2CH2O3.ClH.4Na.H/c1-3-5(7)4(2)6-8;1-3-5(7)4(2)6;2*2-1-4-3;;;;;;/h1,3H2,2H3;1,3H2,2H3;2*1,3H;1H;;;;;/q;+1;;;;4*+1;-1/p-2. The third-order valence-electron chi connectivity index (χ3n) is 1.48. The van der Waals surface area contributed by atoms with Crippen molar-refractivity contribution in [2.45, 2.75) is 26.7 Å². The number of halogens is 1. The summed E-state index contributed by atoms with van der Waals surface area (Å²) < 4.78 is 0. The average Bonchev–Trinajstić information content (AvgIpc) is 2.60. The summed E-state index contributed by atoms with van der Waals surface area (Å²) in [6, 6.07) is 0. The van der Waals surface area contributed by atoms with E-state index in [4.69, 9.17) is 25.3 Å². The van der Waals surface area contributed by atoms with Gasteiger partial charge in [-0.3, -0.25) is 24.0 Å². The van der Waals surface area contributed by atoms with Gasteiger partial charge in [-0.05, 0) is 6.92 Å². The minimum absolute atomic E-state index is 0. The molecule has 0 unspecified atom stereocenters. The van der Waals surface area contributed by atoms with E-state index in [2.05, 4.69) is 28.8 Å². The minimum Gasteiger partial charge on any atom is -1.00 e. The van der Waals surface area contributed by atoms with Gasteiger partial charge in [0.1, 0.15) is 12.1 Å². The number of hydrogen-bond acceptors (Lipinski definition) is 11. The van der Waals surface area contributed by atoms with Gasteiger partial charge in [-0.25, -0.2) is 0 Å². The van der Waals surface area contributed by atoms with Crippen molar-refractivity contribution in [3.63, 3.8) is 0 Å². The molecule has 0 heterocycles. The van der Waals surface area contributed by atoms with Crippen LogP contribution in [0.2, 0.25) is 0 Å². The molecular weight excluding hydrogens is 446 g/mol. The molecular formula is C12H18ClNNa4O10+2. The van der Waals surface area contributed by atoms with E-state index in [9.17, 15) is 14.4 Å². The molecule has 0 radical (unpaired) electrons. The molecule has 28 heavy (non-hydrogen) atoms. The Balaban J connectivity index is -0.0000000201. The number of carbonyl (C=O) groups is 5. The second-order valence-corrected chi connectivity index (χ2v) is 2.97. The van der Waals surface area contributed by atoms with E-state index < -0.39 is 11.6 Å². The van der Waals surface area contributed by atoms with E-state index in [0.717, 1.165) is 0 Å². The molecule has 1 N–H and O–H groups in total. The Morgan fingerprint density at radius 2 is 1.18 bits per heavy atom. The SMILES string of the molecule is O=CO[O-].O=CO[O-].[CH2+]CC(=O)/C(C)=N\O.[CH2+]CC(=O)C(C)=O.[Cl-].[H-].[Na+].[Na+].[Na+].[Na+]. The van der Waals surface area contributed by atoms with Crippen molar-refractivity contribution >= 4 is 36.0 Å². The number of hydrogen-bond donors (Lipinski definition) is 1. The van der Waals surface area contributed by atoms with Gasteiger partial charge in [-0.15, -0.1) is 0 Å². The maximum Gasteiger partial charge on any atom is 1.00 e. The number of oxime groups is 1. The van der Waals surface area contributed by atoms with Crippen LogP contribution in [0.25, 0.3) is 0 Å². The molecule has 0 amide bonds. The first-order valence-corrected chi connectivity index (χ1v) is 5.52. The predicted molar refractivity (Wildman–Crippen MR) is 70.9 cm³/mol. The third kappa shape index (κ3) is 63.1. The number of nitrogens with zero attached hydrogens (tertiary/aromatic N) is 1. The topological polar surface area (TPSA) is 183 Å². The first-order valence-electron chi connectivity index (χ1n) is 5.52. The molecule has 0 saturated carbocycles. The Morgan fingerprint density at radius 3 is 1.21 bits per heavy atom. The zero-order valence-electron chi connectivity index (χ0n) is 17.9. The number of Topliss-reactive ketones (excluding diaryl/α,β-unsaturated/α-hetero) is 3. The van der Waals surface area contributed by atoms with Crippen molar-refractivity contribution in [3.05, 3.63) is 13.8 Å². The van der Waals surface area contributed by atoms with Crippen LogP contribution < -0.4 is 141 Å². The summed E-state index contributed by atoms with van der Waals surface area (Å²) in [6.07, 6.45) is 0.227. The fourth-order valence-corrected chi connectivity index (χ4v) is 0.413. The summed E-state index contributed by atoms with van der Waals surface area (Å²) in [5.74, 6) is -1.04. The van der Waals surface area contributed by atoms with Crippen molar-refractivity contribution < 1.29 is 182 Å². The van der Waals surface area contributed by atoms with Gasteiger partial charge < -0.3 is 39.3 Å². The Morgan fingerprint density at radius 1 is 0.929 bits per heavy atom. The molecule has 0 aliphatic rings. The molecule has 0 aromatic heterocycles. The van der Waals surface area contributed by atoms with E-state index in [1.165, 1.54) is 13.8 Å². The first-order chi connectivity index (χ1) is 10.7. The smallest absolute Gasteiger partial charge is 1.00 e. The van der Waals surface area contributed by atoms with Crippen LogP contribution in [0.15, 0.2) is 5.16 Å². The molecule has 0 rings (SSSR count). The van der Waals surface area contributed by atoms with Gasteiger partial charge in [0.15, 0.2) is 12.2 Å². The molecule has 0 aromatic rings. The van der Waals surface area contributed by atoms with Gasteiger partial charge in [0.2, 0.25) is 11.6 Å². The van der Waals surface area contributed by atoms with Crippen LogP contribution in [0.5, 0.6) is 0 Å². The first kappa shape index (κ1) is 57.0. The quantitative estimate of drug-likeness (QED) is 0.0580. The van der Waals surface area contributed by atoms with Crippen LogP contribution in [0.3, 0.4) is 0 Å². The van der Waals surface area contributed by atoms with E-state index >= 15 is 0 Å². The summed E-state index contributed by atoms with van der Waals surface area (Å²) in [6.45, 7) is 8.87. The fourth-order valence-electron chi connectivity index (χ4n) is 0.413. The largest absolute Gasteiger partial charge is 1.00 e. The van der Waals surface area contributed by atoms with Gasteiger partial charge in [0, 0.05) is 6.92 Å². The third-order valence-corrected chi connectivity index (χ3v) is 1.48. The van der Waals surface area contributed by atoms with Gasteiger partial charge in [-0.2, -0.15) is 0 Å². The zero-order chi connectivity index (χ0) is 19.3. The average molecular weight is 464 g/mol. The normalized spacial score (nSPS) is 6.79. The van der Waals surface area contributed by atoms with Crippen molar-refractivity contribution in [3.8, 4) is 0 Å². The van der Waals surface area contributed by atoms with E-state index in [0.29, 0.717) is 0 Å². The molecule has 0 aliphatic carbocycles. The molecule has 11 nitrogen and oxygen atoms in total. The molecule has 0 saturated heterocycles. The summed E-state index contributed by atoms with van der Waals surface area (Å²) in [5, 5.41) is 27.5. The summed E-state index contributed by atoms with van der Waals surface area (Å²) in [5.41, 5.74) is 0.111. The van der Waals surface area contributed by atoms with Crippen molar-refractivity contribution in [2.75, 3.05) is 0 Å². The number of carbonyl (C=O) groups excluding carboxylic acids is 5. The summed E-state index contributed by atoms with van der Waals surface area (Å²) in [7, 11) is 0. The monoisotopic (exact) mass is 463 g/mol. The van der Waals surface area contributed by atoms with Gasteiger partial charge in [0.05, 0.1) is 13.8 Å². The second kappa shape index (κ2) is 51.2. The van der Waals surface area contributed by atoms with Crippen LogP contribution in [0, 0.1) is 13.8 Å². The molecule has 0 aliphatic heterocycles. The summed E-state index contributed by atoms with van der Waals surface area (Å²) >= 11 is 0. The van der Waals surface area contributed by atoms with Gasteiger partial charge in [0.25, 0.3) is 12.9 Å². The Hall–Kier alpha value is 1.37. The minimum atomic E-state index is -0.407. The van der Waals surface area contributed by atoms with Crippen molar-refractivity contribution in [1.29, 1.82) is 0 Å². The molecule has 140 valence electrons. The van der Waals surface area contributed by atoms with Crippen LogP contribution in [0.4, 0.5) is 0 Å². The number of ketones is 3. The van der Waals surface area contributed by atoms with E-state index in [1.54, 1.807) is 0 Å². The zero-order valence-corrected chi connectivity index (χ0v) is 25.7. The molecule has 0 spiro atoms. The number of rotatable bonds is 6. The molecule has 0 bridgehead atoms. The Kier molecular flexibility index (Phi) is 104.